The molecule has 1 aliphatic carbocycles. The van der Waals surface area contributed by atoms with Crippen molar-refractivity contribution in [3.05, 3.63) is 29.8 Å². The van der Waals surface area contributed by atoms with Gasteiger partial charge in [0.05, 0.1) is 6.61 Å². The molecule has 0 spiro atoms. The van der Waals surface area contributed by atoms with Crippen LogP contribution in [0.4, 0.5) is 0 Å². The summed E-state index contributed by atoms with van der Waals surface area (Å²) in [5.74, 6) is 1.54. The Kier molecular flexibility index (Phi) is 4.51. The molecule has 106 valence electrons. The first-order valence-corrected chi connectivity index (χ1v) is 7.42. The summed E-state index contributed by atoms with van der Waals surface area (Å²) < 4.78 is 5.85. The van der Waals surface area contributed by atoms with Gasteiger partial charge in [-0.3, -0.25) is 0 Å². The number of hydrogen-bond acceptors (Lipinski definition) is 2. The minimum atomic E-state index is 0.208. The first-order chi connectivity index (χ1) is 8.95. The fraction of sp³-hybridized carbons (Fsp3) is 0.647. The van der Waals surface area contributed by atoms with Crippen molar-refractivity contribution >= 4 is 0 Å². The van der Waals surface area contributed by atoms with E-state index in [2.05, 4.69) is 57.3 Å². The van der Waals surface area contributed by atoms with Gasteiger partial charge in [-0.05, 0) is 36.0 Å². The number of rotatable bonds is 6. The highest BCUT2D eigenvalue weighted by Crippen LogP contribution is 2.24. The van der Waals surface area contributed by atoms with Gasteiger partial charge in [0.2, 0.25) is 0 Å². The molecule has 1 aliphatic rings. The summed E-state index contributed by atoms with van der Waals surface area (Å²) in [5, 5.41) is 3.54. The average Bonchev–Trinajstić information content (AvgIpc) is 3.17. The van der Waals surface area contributed by atoms with Crippen molar-refractivity contribution in [1.82, 2.24) is 5.32 Å². The zero-order chi connectivity index (χ0) is 13.9. The third kappa shape index (κ3) is 4.87. The molecule has 2 nitrogen and oxygen atoms in total. The van der Waals surface area contributed by atoms with E-state index in [1.165, 1.54) is 18.4 Å². The molecule has 1 N–H and O–H groups in total. The van der Waals surface area contributed by atoms with E-state index in [9.17, 15) is 0 Å². The largest absolute Gasteiger partial charge is 0.493 e. The Morgan fingerprint density at radius 1 is 1.21 bits per heavy atom. The standard InChI is InChI=1S/C17H27NO/c1-13(11-18-15-7-8-15)12-19-16-9-5-14(6-10-16)17(2,3)4/h5-6,9-10,13,15,18H,7-8,11-12H2,1-4H3. The third-order valence-electron chi connectivity index (χ3n) is 3.59. The van der Waals surface area contributed by atoms with Crippen molar-refractivity contribution in [1.29, 1.82) is 0 Å². The lowest BCUT2D eigenvalue weighted by molar-refractivity contribution is 0.255. The van der Waals surface area contributed by atoms with E-state index in [-0.39, 0.29) is 5.41 Å². The molecule has 0 amide bonds. The van der Waals surface area contributed by atoms with E-state index in [0.29, 0.717) is 5.92 Å². The minimum absolute atomic E-state index is 0.208. The molecule has 0 saturated heterocycles. The molecule has 1 aromatic carbocycles. The summed E-state index contributed by atoms with van der Waals surface area (Å²) in [6.45, 7) is 10.8. The third-order valence-corrected chi connectivity index (χ3v) is 3.59. The predicted molar refractivity (Wildman–Crippen MR) is 80.8 cm³/mol. The summed E-state index contributed by atoms with van der Waals surface area (Å²) in [6.07, 6.45) is 2.70. The number of nitrogens with one attached hydrogen (secondary N) is 1. The van der Waals surface area contributed by atoms with Crippen molar-refractivity contribution in [3.8, 4) is 5.75 Å². The molecule has 1 atom stereocenters. The molecule has 1 fully saturated rings. The summed E-state index contributed by atoms with van der Waals surface area (Å²) in [5.41, 5.74) is 1.56. The molecular formula is C17H27NO. The average molecular weight is 261 g/mol. The number of benzene rings is 1. The lowest BCUT2D eigenvalue weighted by Crippen LogP contribution is -2.26. The zero-order valence-electron chi connectivity index (χ0n) is 12.7. The molecule has 0 aromatic heterocycles. The first-order valence-electron chi connectivity index (χ1n) is 7.42. The van der Waals surface area contributed by atoms with Gasteiger partial charge in [0.25, 0.3) is 0 Å². The van der Waals surface area contributed by atoms with Crippen LogP contribution in [-0.4, -0.2) is 19.2 Å². The quantitative estimate of drug-likeness (QED) is 0.842. The Morgan fingerprint density at radius 2 is 1.84 bits per heavy atom. The molecule has 0 heterocycles. The first kappa shape index (κ1) is 14.4. The van der Waals surface area contributed by atoms with Crippen LogP contribution in [0.25, 0.3) is 0 Å². The number of ether oxygens (including phenoxy) is 1. The van der Waals surface area contributed by atoms with Crippen LogP contribution in [0.3, 0.4) is 0 Å². The van der Waals surface area contributed by atoms with Crippen molar-refractivity contribution in [3.63, 3.8) is 0 Å². The maximum atomic E-state index is 5.85. The van der Waals surface area contributed by atoms with Crippen molar-refractivity contribution in [2.24, 2.45) is 5.92 Å². The van der Waals surface area contributed by atoms with E-state index >= 15 is 0 Å². The summed E-state index contributed by atoms with van der Waals surface area (Å²) in [6, 6.07) is 9.29. The molecule has 2 heteroatoms. The van der Waals surface area contributed by atoms with Gasteiger partial charge in [0.15, 0.2) is 0 Å². The van der Waals surface area contributed by atoms with Crippen molar-refractivity contribution in [2.75, 3.05) is 13.2 Å². The van der Waals surface area contributed by atoms with Crippen molar-refractivity contribution < 1.29 is 4.74 Å². The molecule has 0 bridgehead atoms. The maximum Gasteiger partial charge on any atom is 0.119 e. The topological polar surface area (TPSA) is 21.3 Å². The Bertz CT molecular complexity index is 387. The van der Waals surface area contributed by atoms with Crippen LogP contribution in [0, 0.1) is 5.92 Å². The maximum absolute atomic E-state index is 5.85. The fourth-order valence-electron chi connectivity index (χ4n) is 2.00. The van der Waals surface area contributed by atoms with Crippen LogP contribution in [-0.2, 0) is 5.41 Å². The zero-order valence-corrected chi connectivity index (χ0v) is 12.7. The molecular weight excluding hydrogens is 234 g/mol. The van der Waals surface area contributed by atoms with Crippen LogP contribution in [0.5, 0.6) is 5.75 Å². The van der Waals surface area contributed by atoms with Crippen molar-refractivity contribution in [2.45, 2.75) is 52.0 Å². The molecule has 19 heavy (non-hydrogen) atoms. The lowest BCUT2D eigenvalue weighted by Gasteiger charge is -2.19. The Morgan fingerprint density at radius 3 is 2.37 bits per heavy atom. The van der Waals surface area contributed by atoms with Gasteiger partial charge in [0.1, 0.15) is 5.75 Å². The lowest BCUT2D eigenvalue weighted by atomic mass is 9.87. The second kappa shape index (κ2) is 5.96. The number of hydrogen-bond donors (Lipinski definition) is 1. The van der Waals surface area contributed by atoms with E-state index in [4.69, 9.17) is 4.74 Å². The van der Waals surface area contributed by atoms with Crippen LogP contribution in [0.1, 0.15) is 46.1 Å². The van der Waals surface area contributed by atoms with Gasteiger partial charge < -0.3 is 10.1 Å². The molecule has 1 saturated carbocycles. The second-order valence-corrected chi connectivity index (χ2v) is 6.87. The second-order valence-electron chi connectivity index (χ2n) is 6.87. The van der Waals surface area contributed by atoms with E-state index < -0.39 is 0 Å². The summed E-state index contributed by atoms with van der Waals surface area (Å²) in [4.78, 5) is 0. The SMILES string of the molecule is CC(CNC1CC1)COc1ccc(C(C)(C)C)cc1. The van der Waals surface area contributed by atoms with Gasteiger partial charge >= 0.3 is 0 Å². The Hall–Kier alpha value is -1.02. The van der Waals surface area contributed by atoms with Gasteiger partial charge in [-0.1, -0.05) is 39.8 Å². The smallest absolute Gasteiger partial charge is 0.119 e. The Balaban J connectivity index is 1.75. The summed E-state index contributed by atoms with van der Waals surface area (Å²) in [7, 11) is 0. The monoisotopic (exact) mass is 261 g/mol. The highest BCUT2D eigenvalue weighted by atomic mass is 16.5. The van der Waals surface area contributed by atoms with Gasteiger partial charge in [-0.15, -0.1) is 0 Å². The van der Waals surface area contributed by atoms with Gasteiger partial charge in [-0.2, -0.15) is 0 Å². The van der Waals surface area contributed by atoms with Crippen LogP contribution >= 0.6 is 0 Å². The fourth-order valence-corrected chi connectivity index (χ4v) is 2.00. The predicted octanol–water partition coefficient (Wildman–Crippen LogP) is 3.75. The van der Waals surface area contributed by atoms with E-state index in [1.807, 2.05) is 0 Å². The van der Waals surface area contributed by atoms with Gasteiger partial charge in [-0.25, -0.2) is 0 Å². The normalized spacial score (nSPS) is 17.3. The molecule has 0 aliphatic heterocycles. The minimum Gasteiger partial charge on any atom is -0.493 e. The summed E-state index contributed by atoms with van der Waals surface area (Å²) >= 11 is 0. The molecule has 1 unspecified atom stereocenters. The Labute approximate surface area is 117 Å². The highest BCUT2D eigenvalue weighted by molar-refractivity contribution is 5.31. The van der Waals surface area contributed by atoms with Crippen LogP contribution < -0.4 is 10.1 Å². The van der Waals surface area contributed by atoms with Crippen LogP contribution in [0.2, 0.25) is 0 Å². The highest BCUT2D eigenvalue weighted by Gasteiger charge is 2.20. The van der Waals surface area contributed by atoms with E-state index in [0.717, 1.165) is 24.9 Å². The molecule has 2 rings (SSSR count). The van der Waals surface area contributed by atoms with Gasteiger partial charge in [0, 0.05) is 18.5 Å². The van der Waals surface area contributed by atoms with E-state index in [1.54, 1.807) is 0 Å². The molecule has 1 aromatic rings. The van der Waals surface area contributed by atoms with Crippen LogP contribution in [0.15, 0.2) is 24.3 Å². The molecule has 0 radical (unpaired) electrons.